The number of benzene rings is 1. The van der Waals surface area contributed by atoms with Crippen molar-refractivity contribution < 1.29 is 30.8 Å². The Morgan fingerprint density at radius 1 is 1.36 bits per heavy atom. The van der Waals surface area contributed by atoms with Crippen LogP contribution in [0, 0.1) is 9.49 Å². The average Bonchev–Trinajstić information content (AvgIpc) is 2.52. The number of hydrogen-bond acceptors (Lipinski definition) is 5. The zero-order valence-electron chi connectivity index (χ0n) is 11.9. The third-order valence-corrected chi connectivity index (χ3v) is 5.57. The van der Waals surface area contributed by atoms with E-state index in [0.717, 1.165) is 3.57 Å². The van der Waals surface area contributed by atoms with Crippen LogP contribution in [0.25, 0.3) is 10.9 Å². The Morgan fingerprint density at radius 3 is 2.91 bits per heavy atom. The van der Waals surface area contributed by atoms with Crippen LogP contribution < -0.4 is 32.1 Å². The standard InChI is InChI=1S/C14H14IN4O3/c1-15-9-3-4-11-10(6-9)14(22)19(18-17-11)7-8-2-5-12(20)16-13(8)21/h3-4,6,8H,2,5,7H2,1H3,(H,16,20,21)/q-1. The number of piperidine rings is 1. The van der Waals surface area contributed by atoms with Crippen molar-refractivity contribution in [3.8, 4) is 0 Å². The average molecular weight is 413 g/mol. The van der Waals surface area contributed by atoms with Gasteiger partial charge in [0, 0.05) is 0 Å². The first-order valence-electron chi connectivity index (χ1n) is 6.79. The fraction of sp³-hybridized carbons (Fsp3) is 0.357. The third kappa shape index (κ3) is 2.87. The molecule has 1 aromatic heterocycles. The number of aromatic nitrogens is 3. The molecule has 0 bridgehead atoms. The molecule has 22 heavy (non-hydrogen) atoms. The summed E-state index contributed by atoms with van der Waals surface area (Å²) in [5.41, 5.74) is 0.319. The van der Waals surface area contributed by atoms with E-state index in [2.05, 4.69) is 20.6 Å². The zero-order valence-corrected chi connectivity index (χ0v) is 14.0. The van der Waals surface area contributed by atoms with Gasteiger partial charge in [0.1, 0.15) is 0 Å². The van der Waals surface area contributed by atoms with E-state index in [1.807, 2.05) is 12.1 Å². The van der Waals surface area contributed by atoms with Gasteiger partial charge in [-0.25, -0.2) is 0 Å². The fourth-order valence-electron chi connectivity index (χ4n) is 2.41. The first-order valence-corrected chi connectivity index (χ1v) is 10.0. The van der Waals surface area contributed by atoms with Crippen molar-refractivity contribution in [2.24, 2.45) is 5.92 Å². The predicted octanol–water partition coefficient (Wildman–Crippen LogP) is -3.27. The van der Waals surface area contributed by atoms with Crippen LogP contribution in [0.3, 0.4) is 0 Å². The molecule has 1 unspecified atom stereocenters. The molecule has 1 aliphatic heterocycles. The second kappa shape index (κ2) is 6.11. The van der Waals surface area contributed by atoms with Gasteiger partial charge in [-0.05, 0) is 0 Å². The van der Waals surface area contributed by atoms with Crippen LogP contribution in [0.4, 0.5) is 0 Å². The minimum atomic E-state index is -0.427. The van der Waals surface area contributed by atoms with E-state index in [-0.39, 0.29) is 51.5 Å². The molecule has 0 radical (unpaired) electrons. The third-order valence-electron chi connectivity index (χ3n) is 3.65. The van der Waals surface area contributed by atoms with Crippen LogP contribution in [-0.2, 0) is 16.1 Å². The Balaban J connectivity index is 1.94. The van der Waals surface area contributed by atoms with Crippen LogP contribution in [0.15, 0.2) is 23.0 Å². The topological polar surface area (TPSA) is 93.9 Å². The summed E-state index contributed by atoms with van der Waals surface area (Å²) in [6, 6.07) is 5.63. The number of nitrogens with zero attached hydrogens (tertiary/aromatic N) is 3. The van der Waals surface area contributed by atoms with Gasteiger partial charge in [-0.2, -0.15) is 0 Å². The maximum atomic E-state index is 12.5. The number of amides is 2. The number of carbonyl (C=O) groups is 2. The van der Waals surface area contributed by atoms with Crippen molar-refractivity contribution in [1.82, 2.24) is 20.3 Å². The normalized spacial score (nSPS) is 18.7. The molecule has 0 aliphatic carbocycles. The van der Waals surface area contributed by atoms with E-state index in [9.17, 15) is 14.4 Å². The van der Waals surface area contributed by atoms with Gasteiger partial charge in [0.15, 0.2) is 0 Å². The summed E-state index contributed by atoms with van der Waals surface area (Å²) in [5.74, 6) is -1.04. The molecule has 0 saturated carbocycles. The number of carbonyl (C=O) groups excluding carboxylic acids is 2. The fourth-order valence-corrected chi connectivity index (χ4v) is 3.57. The molecule has 1 N–H and O–H groups in total. The summed E-state index contributed by atoms with van der Waals surface area (Å²) >= 11 is -0.116. The second-order valence-corrected chi connectivity index (χ2v) is 7.40. The van der Waals surface area contributed by atoms with Crippen molar-refractivity contribution in [2.75, 3.05) is 4.93 Å². The van der Waals surface area contributed by atoms with Crippen molar-refractivity contribution >= 4 is 22.7 Å². The Labute approximate surface area is 136 Å². The van der Waals surface area contributed by atoms with E-state index in [4.69, 9.17) is 0 Å². The van der Waals surface area contributed by atoms with E-state index in [1.54, 1.807) is 6.07 Å². The SMILES string of the molecule is C[I-]c1ccc2nnn(CC3CCC(=O)NC3=O)c(=O)c2c1. The molecule has 3 rings (SSSR count). The van der Waals surface area contributed by atoms with Crippen LogP contribution in [0.2, 0.25) is 0 Å². The van der Waals surface area contributed by atoms with Gasteiger partial charge >= 0.3 is 136 Å². The Morgan fingerprint density at radius 2 is 2.18 bits per heavy atom. The van der Waals surface area contributed by atoms with E-state index < -0.39 is 5.92 Å². The molecule has 1 aromatic carbocycles. The zero-order chi connectivity index (χ0) is 15.7. The minimum absolute atomic E-state index is 0.116. The van der Waals surface area contributed by atoms with Crippen LogP contribution >= 0.6 is 0 Å². The Hall–Kier alpha value is -1.84. The summed E-state index contributed by atoms with van der Waals surface area (Å²) in [6.07, 6.45) is 0.716. The molecular weight excluding hydrogens is 399 g/mol. The number of alkyl halides is 1. The van der Waals surface area contributed by atoms with Gasteiger partial charge in [-0.3, -0.25) is 0 Å². The van der Waals surface area contributed by atoms with Gasteiger partial charge in [0.25, 0.3) is 0 Å². The number of nitrogens with one attached hydrogen (secondary N) is 1. The summed E-state index contributed by atoms with van der Waals surface area (Å²) in [5, 5.41) is 10.8. The van der Waals surface area contributed by atoms with Crippen molar-refractivity contribution in [2.45, 2.75) is 19.4 Å². The monoisotopic (exact) mass is 413 g/mol. The summed E-state index contributed by atoms with van der Waals surface area (Å²) in [7, 11) is 0. The van der Waals surface area contributed by atoms with E-state index in [1.165, 1.54) is 4.68 Å². The molecule has 2 aromatic rings. The molecule has 8 heteroatoms. The van der Waals surface area contributed by atoms with Gasteiger partial charge < -0.3 is 0 Å². The number of imide groups is 1. The first kappa shape index (κ1) is 15.1. The molecule has 116 valence electrons. The number of halogens is 1. The molecule has 2 amide bonds. The van der Waals surface area contributed by atoms with Crippen LogP contribution in [0.5, 0.6) is 0 Å². The number of hydrogen-bond donors (Lipinski definition) is 1. The quantitative estimate of drug-likeness (QED) is 0.324. The molecule has 0 spiro atoms. The van der Waals surface area contributed by atoms with Gasteiger partial charge in [-0.15, -0.1) is 0 Å². The molecule has 1 atom stereocenters. The Kier molecular flexibility index (Phi) is 4.19. The van der Waals surface area contributed by atoms with Crippen molar-refractivity contribution in [3.05, 3.63) is 32.1 Å². The first-order chi connectivity index (χ1) is 10.6. The molecule has 7 nitrogen and oxygen atoms in total. The molecular formula is C14H14IN4O3-. The number of rotatable bonds is 3. The van der Waals surface area contributed by atoms with E-state index >= 15 is 0 Å². The van der Waals surface area contributed by atoms with Gasteiger partial charge in [0.05, 0.1) is 0 Å². The second-order valence-electron chi connectivity index (χ2n) is 5.08. The summed E-state index contributed by atoms with van der Waals surface area (Å²) in [4.78, 5) is 37.6. The maximum absolute atomic E-state index is 12.5. The Bertz CT molecular complexity index is 817. The summed E-state index contributed by atoms with van der Waals surface area (Å²) < 4.78 is 2.38. The van der Waals surface area contributed by atoms with Crippen LogP contribution in [0.1, 0.15) is 12.8 Å². The molecule has 1 saturated heterocycles. The molecule has 1 fully saturated rings. The van der Waals surface area contributed by atoms with Crippen molar-refractivity contribution in [3.63, 3.8) is 0 Å². The van der Waals surface area contributed by atoms with Crippen LogP contribution in [-0.4, -0.2) is 31.7 Å². The molecule has 2 heterocycles. The molecule has 1 aliphatic rings. The van der Waals surface area contributed by atoms with Gasteiger partial charge in [0.2, 0.25) is 0 Å². The van der Waals surface area contributed by atoms with E-state index in [0.29, 0.717) is 17.3 Å². The van der Waals surface area contributed by atoms with Crippen molar-refractivity contribution in [1.29, 1.82) is 0 Å². The summed E-state index contributed by atoms with van der Waals surface area (Å²) in [6.45, 7) is 0.145. The predicted molar refractivity (Wildman–Crippen MR) is 74.3 cm³/mol. The number of fused-ring (bicyclic) bond motifs is 1. The van der Waals surface area contributed by atoms with Gasteiger partial charge in [-0.1, -0.05) is 0 Å².